The van der Waals surface area contributed by atoms with Gasteiger partial charge in [-0.15, -0.1) is 0 Å². The molecule has 3 N–H and O–H groups in total. The predicted octanol–water partition coefficient (Wildman–Crippen LogP) is 7.60. The van der Waals surface area contributed by atoms with Crippen molar-refractivity contribution in [2.45, 2.75) is 37.2 Å². The first-order valence-electron chi connectivity index (χ1n) is 15.5. The maximum absolute atomic E-state index is 12.1. The Morgan fingerprint density at radius 2 is 1.24 bits per heavy atom. The highest BCUT2D eigenvalue weighted by Crippen LogP contribution is 2.27. The van der Waals surface area contributed by atoms with Crippen LogP contribution in [0.1, 0.15) is 45.7 Å². The van der Waals surface area contributed by atoms with Crippen LogP contribution in [0.4, 0.5) is 17.2 Å². The Bertz CT molecular complexity index is 1750. The fourth-order valence-corrected chi connectivity index (χ4v) is 5.68. The first-order chi connectivity index (χ1) is 24.3. The number of anilines is 3. The van der Waals surface area contributed by atoms with Crippen LogP contribution in [-0.2, 0) is 22.6 Å². The fraction of sp³-hybridized carbons (Fsp3) is 0.353. The SMILES string of the molecule is CCOC(=O)c1cnc(SC)nc1Cl.CCOC(=O)c1cnc(SC)nc1NCc1ccc(N(C)C)c(Cl)c1.CN(C)c1ccc(CN)cc1Cl. The smallest absolute Gasteiger partial charge is 0.343 e. The summed E-state index contributed by atoms with van der Waals surface area (Å²) >= 11 is 20.8. The van der Waals surface area contributed by atoms with E-state index in [2.05, 4.69) is 25.3 Å². The number of nitrogens with zero attached hydrogens (tertiary/aromatic N) is 6. The van der Waals surface area contributed by atoms with Crippen molar-refractivity contribution in [1.82, 2.24) is 19.9 Å². The Morgan fingerprint density at radius 1 is 0.765 bits per heavy atom. The van der Waals surface area contributed by atoms with Crippen LogP contribution < -0.4 is 20.9 Å². The molecule has 0 bridgehead atoms. The van der Waals surface area contributed by atoms with Gasteiger partial charge >= 0.3 is 11.9 Å². The molecule has 276 valence electrons. The lowest BCUT2D eigenvalue weighted by Crippen LogP contribution is -2.13. The molecule has 4 aromatic rings. The standard InChI is InChI=1S/C17H21ClN4O2S.C9H13ClN2.C8H9ClN2O2S/c1-5-24-16(23)12-10-20-17(25-4)21-15(12)19-9-11-6-7-14(22(2)3)13(18)8-11;1-12(2)9-4-3-7(6-11)5-8(9)10;1-3-13-7(12)5-4-10-8(14-2)11-6(5)9/h6-8,10H,5,9H2,1-4H3,(H,19,20,21);3-5H,6,11H2,1-2H3;4H,3H2,1-2H3. The maximum Gasteiger partial charge on any atom is 0.343 e. The van der Waals surface area contributed by atoms with Gasteiger partial charge < -0.3 is 30.3 Å². The van der Waals surface area contributed by atoms with Crippen LogP contribution in [0.3, 0.4) is 0 Å². The highest BCUT2D eigenvalue weighted by Gasteiger charge is 2.16. The highest BCUT2D eigenvalue weighted by molar-refractivity contribution is 7.98. The van der Waals surface area contributed by atoms with Gasteiger partial charge in [0.25, 0.3) is 0 Å². The molecule has 0 saturated carbocycles. The molecule has 0 amide bonds. The first-order valence-corrected chi connectivity index (χ1v) is 19.0. The average Bonchev–Trinajstić information content (AvgIpc) is 3.10. The van der Waals surface area contributed by atoms with Gasteiger partial charge in [0, 0.05) is 53.7 Å². The van der Waals surface area contributed by atoms with Gasteiger partial charge in [-0.05, 0) is 61.8 Å². The van der Waals surface area contributed by atoms with Crippen molar-refractivity contribution in [3.05, 3.63) is 86.2 Å². The number of hydrogen-bond acceptors (Lipinski definition) is 14. The minimum Gasteiger partial charge on any atom is -0.462 e. The Balaban J connectivity index is 0.000000292. The molecule has 0 atom stereocenters. The Kier molecular flexibility index (Phi) is 19.2. The summed E-state index contributed by atoms with van der Waals surface area (Å²) in [5.41, 5.74) is 10.0. The van der Waals surface area contributed by atoms with Crippen LogP contribution in [0, 0.1) is 0 Å². The number of nitrogens with one attached hydrogen (secondary N) is 1. The molecule has 0 aliphatic carbocycles. The van der Waals surface area contributed by atoms with Gasteiger partial charge in [0.05, 0.1) is 34.6 Å². The summed E-state index contributed by atoms with van der Waals surface area (Å²) in [6.45, 7) is 5.10. The van der Waals surface area contributed by atoms with E-state index < -0.39 is 11.9 Å². The molecule has 2 heterocycles. The van der Waals surface area contributed by atoms with Crippen molar-refractivity contribution in [2.75, 3.05) is 69.0 Å². The number of ether oxygens (including phenoxy) is 2. The van der Waals surface area contributed by atoms with Crippen molar-refractivity contribution in [2.24, 2.45) is 5.73 Å². The van der Waals surface area contributed by atoms with Crippen LogP contribution in [0.2, 0.25) is 15.2 Å². The summed E-state index contributed by atoms with van der Waals surface area (Å²) in [4.78, 5) is 43.6. The number of halogens is 3. The van der Waals surface area contributed by atoms with Crippen molar-refractivity contribution in [1.29, 1.82) is 0 Å². The molecule has 0 aliphatic rings. The lowest BCUT2D eigenvalue weighted by molar-refractivity contribution is 0.0516. The molecule has 2 aromatic heterocycles. The largest absolute Gasteiger partial charge is 0.462 e. The number of thioether (sulfide) groups is 2. The molecule has 0 aliphatic heterocycles. The number of benzene rings is 2. The zero-order valence-corrected chi connectivity index (χ0v) is 33.7. The second-order valence-electron chi connectivity index (χ2n) is 10.5. The molecular formula is C34H43Cl3N8O4S2. The molecule has 0 fully saturated rings. The zero-order valence-electron chi connectivity index (χ0n) is 29.8. The second-order valence-corrected chi connectivity index (χ2v) is 13.3. The molecule has 4 rings (SSSR count). The van der Waals surface area contributed by atoms with E-state index >= 15 is 0 Å². The summed E-state index contributed by atoms with van der Waals surface area (Å²) in [7, 11) is 7.80. The summed E-state index contributed by atoms with van der Waals surface area (Å²) in [5.74, 6) is -0.491. The van der Waals surface area contributed by atoms with Crippen LogP contribution in [0.15, 0.2) is 59.1 Å². The number of hydrogen-bond donors (Lipinski definition) is 2. The molecule has 0 unspecified atom stereocenters. The topological polar surface area (TPSA) is 149 Å². The average molecular weight is 798 g/mol. The maximum atomic E-state index is 12.1. The van der Waals surface area contributed by atoms with Gasteiger partial charge in [-0.2, -0.15) is 0 Å². The van der Waals surface area contributed by atoms with Crippen LogP contribution in [0.5, 0.6) is 0 Å². The van der Waals surface area contributed by atoms with E-state index in [1.54, 1.807) is 13.8 Å². The van der Waals surface area contributed by atoms with Gasteiger partial charge in [-0.3, -0.25) is 0 Å². The van der Waals surface area contributed by atoms with E-state index in [9.17, 15) is 9.59 Å². The summed E-state index contributed by atoms with van der Waals surface area (Å²) in [6, 6.07) is 11.7. The summed E-state index contributed by atoms with van der Waals surface area (Å²) in [5, 5.41) is 5.84. The highest BCUT2D eigenvalue weighted by atomic mass is 35.5. The van der Waals surface area contributed by atoms with Crippen LogP contribution in [-0.4, -0.2) is 85.8 Å². The number of nitrogens with two attached hydrogens (primary N) is 1. The molecule has 2 aromatic carbocycles. The number of rotatable bonds is 12. The molecule has 0 spiro atoms. The predicted molar refractivity (Wildman–Crippen MR) is 211 cm³/mol. The van der Waals surface area contributed by atoms with Crippen molar-refractivity contribution in [3.8, 4) is 0 Å². The lowest BCUT2D eigenvalue weighted by atomic mass is 10.2. The number of carbonyl (C=O) groups is 2. The zero-order chi connectivity index (χ0) is 38.1. The Hall–Kier alpha value is -3.53. The molecule has 17 heteroatoms. The van der Waals surface area contributed by atoms with Gasteiger partial charge in [-0.25, -0.2) is 29.5 Å². The molecule has 12 nitrogen and oxygen atoms in total. The van der Waals surface area contributed by atoms with Gasteiger partial charge in [0.1, 0.15) is 22.1 Å². The third-order valence-electron chi connectivity index (χ3n) is 6.53. The lowest BCUT2D eigenvalue weighted by Gasteiger charge is -2.16. The minimum absolute atomic E-state index is 0.128. The number of carbonyl (C=O) groups excluding carboxylic acids is 2. The quantitative estimate of drug-likeness (QED) is 0.0627. The van der Waals surface area contributed by atoms with Crippen LogP contribution in [0.25, 0.3) is 0 Å². The molecular weight excluding hydrogens is 755 g/mol. The fourth-order valence-electron chi connectivity index (χ4n) is 4.00. The second kappa shape index (κ2) is 22.4. The van der Waals surface area contributed by atoms with Crippen molar-refractivity contribution < 1.29 is 19.1 Å². The van der Waals surface area contributed by atoms with E-state index in [1.165, 1.54) is 35.9 Å². The van der Waals surface area contributed by atoms with E-state index in [0.29, 0.717) is 53.0 Å². The number of esters is 2. The molecule has 0 saturated heterocycles. The minimum atomic E-state index is -0.495. The molecule has 51 heavy (non-hydrogen) atoms. The van der Waals surface area contributed by atoms with Crippen molar-refractivity contribution in [3.63, 3.8) is 0 Å². The van der Waals surface area contributed by atoms with E-state index in [1.807, 2.05) is 86.9 Å². The first kappa shape index (κ1) is 43.6. The van der Waals surface area contributed by atoms with E-state index in [-0.39, 0.29) is 10.7 Å². The summed E-state index contributed by atoms with van der Waals surface area (Å²) < 4.78 is 9.84. The van der Waals surface area contributed by atoms with Gasteiger partial charge in [-0.1, -0.05) is 70.5 Å². The monoisotopic (exact) mass is 796 g/mol. The normalized spacial score (nSPS) is 10.2. The van der Waals surface area contributed by atoms with E-state index in [0.717, 1.165) is 27.5 Å². The third-order valence-corrected chi connectivity index (χ3v) is 8.54. The van der Waals surface area contributed by atoms with Gasteiger partial charge in [0.2, 0.25) is 0 Å². The Labute approximate surface area is 323 Å². The molecule has 0 radical (unpaired) electrons. The third kappa shape index (κ3) is 13.8. The van der Waals surface area contributed by atoms with Gasteiger partial charge in [0.15, 0.2) is 10.3 Å². The Morgan fingerprint density at radius 3 is 1.69 bits per heavy atom. The van der Waals surface area contributed by atoms with E-state index in [4.69, 9.17) is 50.0 Å². The number of aromatic nitrogens is 4. The van der Waals surface area contributed by atoms with Crippen molar-refractivity contribution >= 4 is 87.5 Å². The van der Waals surface area contributed by atoms with Crippen LogP contribution >= 0.6 is 58.3 Å². The summed E-state index contributed by atoms with van der Waals surface area (Å²) in [6.07, 6.45) is 6.57.